The molecule has 0 amide bonds. The van der Waals surface area contributed by atoms with Gasteiger partial charge in [0.2, 0.25) is 0 Å². The normalized spacial score (nSPS) is 19.4. The van der Waals surface area contributed by atoms with Gasteiger partial charge in [-0.1, -0.05) is 37.6 Å². The van der Waals surface area contributed by atoms with E-state index in [1.54, 1.807) is 0 Å². The number of rotatable bonds is 5. The maximum absolute atomic E-state index is 6.49. The Morgan fingerprint density at radius 1 is 1.35 bits per heavy atom. The van der Waals surface area contributed by atoms with Crippen LogP contribution in [-0.4, -0.2) is 19.1 Å². The summed E-state index contributed by atoms with van der Waals surface area (Å²) in [4.78, 5) is 2.48. The van der Waals surface area contributed by atoms with Gasteiger partial charge in [-0.3, -0.25) is 0 Å². The molecular weight excluding hydrogens is 268 g/mol. The van der Waals surface area contributed by atoms with Crippen LogP contribution in [0.15, 0.2) is 18.2 Å². The summed E-state index contributed by atoms with van der Waals surface area (Å²) in [5.74, 6) is 0. The van der Waals surface area contributed by atoms with E-state index in [0.717, 1.165) is 24.5 Å². The fourth-order valence-electron chi connectivity index (χ4n) is 3.38. The number of para-hydroxylation sites is 1. The van der Waals surface area contributed by atoms with Crippen LogP contribution in [0.25, 0.3) is 0 Å². The quantitative estimate of drug-likeness (QED) is 0.880. The van der Waals surface area contributed by atoms with E-state index in [9.17, 15) is 0 Å². The van der Waals surface area contributed by atoms with Crippen molar-refractivity contribution in [3.05, 3.63) is 28.8 Å². The Hall–Kier alpha value is -0.730. The van der Waals surface area contributed by atoms with Crippen LogP contribution in [0.3, 0.4) is 0 Å². The van der Waals surface area contributed by atoms with E-state index in [2.05, 4.69) is 31.7 Å². The number of halogens is 1. The van der Waals surface area contributed by atoms with Crippen LogP contribution < -0.4 is 10.6 Å². The molecule has 1 fully saturated rings. The van der Waals surface area contributed by atoms with Crippen molar-refractivity contribution in [1.82, 2.24) is 0 Å². The maximum atomic E-state index is 6.49. The van der Waals surface area contributed by atoms with Gasteiger partial charge in [-0.2, -0.15) is 0 Å². The van der Waals surface area contributed by atoms with Crippen molar-refractivity contribution in [3.63, 3.8) is 0 Å². The lowest BCUT2D eigenvalue weighted by Crippen LogP contribution is -2.28. The van der Waals surface area contributed by atoms with Crippen molar-refractivity contribution in [1.29, 1.82) is 0 Å². The molecular formula is C17H27ClN2. The topological polar surface area (TPSA) is 29.3 Å². The summed E-state index contributed by atoms with van der Waals surface area (Å²) < 4.78 is 0. The smallest absolute Gasteiger partial charge is 0.0642 e. The minimum absolute atomic E-state index is 0.164. The monoisotopic (exact) mass is 294 g/mol. The maximum Gasteiger partial charge on any atom is 0.0642 e. The Kier molecular flexibility index (Phi) is 4.98. The van der Waals surface area contributed by atoms with Crippen molar-refractivity contribution in [2.24, 2.45) is 11.1 Å². The molecule has 0 aliphatic carbocycles. The SMILES string of the molecule is CCC1(CC)CCN(c2c(Cl)cccc2CC(C)N)C1. The molecule has 0 bridgehead atoms. The highest BCUT2D eigenvalue weighted by Gasteiger charge is 2.36. The molecule has 1 aliphatic heterocycles. The van der Waals surface area contributed by atoms with Crippen molar-refractivity contribution in [2.45, 2.75) is 52.5 Å². The first kappa shape index (κ1) is 15.7. The first-order chi connectivity index (χ1) is 9.51. The summed E-state index contributed by atoms with van der Waals surface area (Å²) in [5.41, 5.74) is 8.95. The number of hydrogen-bond acceptors (Lipinski definition) is 2. The van der Waals surface area contributed by atoms with Crippen LogP contribution in [0.1, 0.15) is 45.6 Å². The lowest BCUT2D eigenvalue weighted by atomic mass is 9.82. The second-order valence-corrected chi connectivity index (χ2v) is 6.71. The Balaban J connectivity index is 2.29. The van der Waals surface area contributed by atoms with Crippen LogP contribution in [0.4, 0.5) is 5.69 Å². The summed E-state index contributed by atoms with van der Waals surface area (Å²) in [6.45, 7) is 8.90. The highest BCUT2D eigenvalue weighted by molar-refractivity contribution is 6.33. The van der Waals surface area contributed by atoms with Gasteiger partial charge in [-0.25, -0.2) is 0 Å². The molecule has 1 aliphatic rings. The summed E-state index contributed by atoms with van der Waals surface area (Å²) in [5, 5.41) is 0.867. The molecule has 0 spiro atoms. The number of benzene rings is 1. The third kappa shape index (κ3) is 3.12. The van der Waals surface area contributed by atoms with E-state index in [1.807, 2.05) is 12.1 Å². The zero-order chi connectivity index (χ0) is 14.8. The molecule has 3 heteroatoms. The molecule has 20 heavy (non-hydrogen) atoms. The van der Waals surface area contributed by atoms with E-state index in [-0.39, 0.29) is 6.04 Å². The lowest BCUT2D eigenvalue weighted by molar-refractivity contribution is 0.301. The first-order valence-corrected chi connectivity index (χ1v) is 8.17. The molecule has 0 aromatic heterocycles. The predicted molar refractivity (Wildman–Crippen MR) is 88.7 cm³/mol. The van der Waals surface area contributed by atoms with Gasteiger partial charge in [0, 0.05) is 19.1 Å². The molecule has 2 rings (SSSR count). The second-order valence-electron chi connectivity index (χ2n) is 6.31. The number of nitrogens with two attached hydrogens (primary N) is 1. The fourth-order valence-corrected chi connectivity index (χ4v) is 3.69. The van der Waals surface area contributed by atoms with Crippen molar-refractivity contribution < 1.29 is 0 Å². The van der Waals surface area contributed by atoms with Gasteiger partial charge in [-0.15, -0.1) is 0 Å². The van der Waals surface area contributed by atoms with Crippen LogP contribution in [0, 0.1) is 5.41 Å². The second kappa shape index (κ2) is 6.36. The van der Waals surface area contributed by atoms with E-state index < -0.39 is 0 Å². The van der Waals surface area contributed by atoms with Gasteiger partial charge >= 0.3 is 0 Å². The van der Waals surface area contributed by atoms with Crippen LogP contribution in [-0.2, 0) is 6.42 Å². The fraction of sp³-hybridized carbons (Fsp3) is 0.647. The van der Waals surface area contributed by atoms with Crippen molar-refractivity contribution >= 4 is 17.3 Å². The Morgan fingerprint density at radius 2 is 2.05 bits per heavy atom. The lowest BCUT2D eigenvalue weighted by Gasteiger charge is -2.29. The minimum Gasteiger partial charge on any atom is -0.370 e. The number of anilines is 1. The third-order valence-electron chi connectivity index (χ3n) is 4.87. The molecule has 1 aromatic carbocycles. The van der Waals surface area contributed by atoms with E-state index in [0.29, 0.717) is 5.41 Å². The molecule has 1 saturated heterocycles. The molecule has 112 valence electrons. The average Bonchev–Trinajstić information content (AvgIpc) is 2.83. The number of nitrogens with zero attached hydrogens (tertiary/aromatic N) is 1. The van der Waals surface area contributed by atoms with Gasteiger partial charge < -0.3 is 10.6 Å². The Morgan fingerprint density at radius 3 is 2.60 bits per heavy atom. The van der Waals surface area contributed by atoms with Crippen LogP contribution in [0.5, 0.6) is 0 Å². The Labute approximate surface area is 128 Å². The minimum atomic E-state index is 0.164. The molecule has 0 radical (unpaired) electrons. The molecule has 1 aromatic rings. The molecule has 2 N–H and O–H groups in total. The summed E-state index contributed by atoms with van der Waals surface area (Å²) in [6.07, 6.45) is 4.64. The summed E-state index contributed by atoms with van der Waals surface area (Å²) in [7, 11) is 0. The number of hydrogen-bond donors (Lipinski definition) is 1. The average molecular weight is 295 g/mol. The van der Waals surface area contributed by atoms with Crippen LogP contribution >= 0.6 is 11.6 Å². The third-order valence-corrected chi connectivity index (χ3v) is 5.17. The highest BCUT2D eigenvalue weighted by Crippen LogP contribution is 2.42. The van der Waals surface area contributed by atoms with E-state index >= 15 is 0 Å². The molecule has 0 saturated carbocycles. The highest BCUT2D eigenvalue weighted by atomic mass is 35.5. The Bertz CT molecular complexity index is 452. The van der Waals surface area contributed by atoms with E-state index in [1.165, 1.54) is 30.5 Å². The predicted octanol–water partition coefficient (Wildman–Crippen LogP) is 4.25. The molecule has 1 unspecified atom stereocenters. The molecule has 2 nitrogen and oxygen atoms in total. The van der Waals surface area contributed by atoms with E-state index in [4.69, 9.17) is 17.3 Å². The first-order valence-electron chi connectivity index (χ1n) is 7.79. The van der Waals surface area contributed by atoms with Gasteiger partial charge in [0.1, 0.15) is 0 Å². The largest absolute Gasteiger partial charge is 0.370 e. The zero-order valence-electron chi connectivity index (χ0n) is 13.0. The van der Waals surface area contributed by atoms with Crippen LogP contribution in [0.2, 0.25) is 5.02 Å². The standard InChI is InChI=1S/C17H27ClN2/c1-4-17(5-2)9-10-20(12-17)16-14(11-13(3)19)7-6-8-15(16)18/h6-8,13H,4-5,9-12,19H2,1-3H3. The van der Waals surface area contributed by atoms with Gasteiger partial charge in [0.15, 0.2) is 0 Å². The summed E-state index contributed by atoms with van der Waals surface area (Å²) in [6, 6.07) is 6.37. The molecule has 1 heterocycles. The van der Waals surface area contributed by atoms with Crippen molar-refractivity contribution in [3.8, 4) is 0 Å². The van der Waals surface area contributed by atoms with Crippen molar-refractivity contribution in [2.75, 3.05) is 18.0 Å². The zero-order valence-corrected chi connectivity index (χ0v) is 13.7. The van der Waals surface area contributed by atoms with Gasteiger partial charge in [0.05, 0.1) is 10.7 Å². The van der Waals surface area contributed by atoms with Gasteiger partial charge in [-0.05, 0) is 49.7 Å². The molecule has 1 atom stereocenters. The summed E-state index contributed by atoms with van der Waals surface area (Å²) >= 11 is 6.49. The van der Waals surface area contributed by atoms with Gasteiger partial charge in [0.25, 0.3) is 0 Å².